The number of rotatable bonds is 2. The second-order valence-electron chi connectivity index (χ2n) is 1.45. The molecule has 0 saturated carbocycles. The standard InChI is InChI=1S/C4H10BrN/c1-4(6)2-3-5/h4H,2-3,6H2,1H3/t4-/m1/s1. The maximum absolute atomic E-state index is 5.37. The van der Waals surface area contributed by atoms with E-state index in [0.717, 1.165) is 11.8 Å². The summed E-state index contributed by atoms with van der Waals surface area (Å²) in [5, 5.41) is 1.02. The van der Waals surface area contributed by atoms with Crippen molar-refractivity contribution in [2.45, 2.75) is 19.4 Å². The highest BCUT2D eigenvalue weighted by molar-refractivity contribution is 9.09. The summed E-state index contributed by atoms with van der Waals surface area (Å²) >= 11 is 3.27. The Hall–Kier alpha value is 0.440. The number of hydrogen-bond donors (Lipinski definition) is 1. The molecule has 38 valence electrons. The highest BCUT2D eigenvalue weighted by atomic mass is 79.9. The molecule has 0 fully saturated rings. The van der Waals surface area contributed by atoms with Crippen LogP contribution < -0.4 is 5.73 Å². The van der Waals surface area contributed by atoms with E-state index in [2.05, 4.69) is 15.9 Å². The minimum absolute atomic E-state index is 0.351. The number of alkyl halides is 1. The van der Waals surface area contributed by atoms with Gasteiger partial charge in [0, 0.05) is 11.4 Å². The van der Waals surface area contributed by atoms with Gasteiger partial charge < -0.3 is 5.73 Å². The van der Waals surface area contributed by atoms with Crippen LogP contribution in [0.2, 0.25) is 0 Å². The molecule has 0 amide bonds. The molecular formula is C4H10BrN. The van der Waals surface area contributed by atoms with Gasteiger partial charge in [-0.3, -0.25) is 0 Å². The zero-order chi connectivity index (χ0) is 4.99. The van der Waals surface area contributed by atoms with Crippen LogP contribution in [0.4, 0.5) is 0 Å². The monoisotopic (exact) mass is 151 g/mol. The largest absolute Gasteiger partial charge is 0.328 e. The Morgan fingerprint density at radius 3 is 2.33 bits per heavy atom. The van der Waals surface area contributed by atoms with E-state index in [9.17, 15) is 0 Å². The van der Waals surface area contributed by atoms with E-state index in [0.29, 0.717) is 6.04 Å². The predicted octanol–water partition coefficient (Wildman–Crippen LogP) is 1.12. The van der Waals surface area contributed by atoms with Crippen LogP contribution >= 0.6 is 15.9 Å². The minimum atomic E-state index is 0.351. The van der Waals surface area contributed by atoms with Gasteiger partial charge in [0.05, 0.1) is 0 Å². The molecule has 0 heterocycles. The van der Waals surface area contributed by atoms with Gasteiger partial charge in [-0.05, 0) is 13.3 Å². The maximum Gasteiger partial charge on any atom is 0.00459 e. The molecule has 1 atom stereocenters. The van der Waals surface area contributed by atoms with Crippen LogP contribution in [0.5, 0.6) is 0 Å². The van der Waals surface area contributed by atoms with Crippen molar-refractivity contribution < 1.29 is 0 Å². The van der Waals surface area contributed by atoms with Gasteiger partial charge in [-0.15, -0.1) is 0 Å². The highest BCUT2D eigenvalue weighted by Crippen LogP contribution is 1.89. The summed E-state index contributed by atoms with van der Waals surface area (Å²) in [6.07, 6.45) is 1.07. The lowest BCUT2D eigenvalue weighted by Gasteiger charge is -1.95. The Kier molecular flexibility index (Phi) is 3.89. The summed E-state index contributed by atoms with van der Waals surface area (Å²) < 4.78 is 0. The van der Waals surface area contributed by atoms with E-state index in [1.807, 2.05) is 6.92 Å². The van der Waals surface area contributed by atoms with Crippen LogP contribution in [0, 0.1) is 0 Å². The van der Waals surface area contributed by atoms with Crippen LogP contribution in [-0.2, 0) is 0 Å². The molecule has 1 nitrogen and oxygen atoms in total. The lowest BCUT2D eigenvalue weighted by molar-refractivity contribution is 0.724. The first-order valence-corrected chi connectivity index (χ1v) is 3.21. The molecule has 0 radical (unpaired) electrons. The van der Waals surface area contributed by atoms with Crippen LogP contribution in [0.25, 0.3) is 0 Å². The number of halogens is 1. The van der Waals surface area contributed by atoms with Gasteiger partial charge in [-0.25, -0.2) is 0 Å². The van der Waals surface area contributed by atoms with Crippen molar-refractivity contribution in [2.75, 3.05) is 5.33 Å². The van der Waals surface area contributed by atoms with Crippen LogP contribution in [0.15, 0.2) is 0 Å². The van der Waals surface area contributed by atoms with Crippen molar-refractivity contribution in [3.8, 4) is 0 Å². The molecule has 0 aromatic rings. The molecule has 0 aromatic heterocycles. The summed E-state index contributed by atoms with van der Waals surface area (Å²) in [7, 11) is 0. The molecule has 0 aliphatic heterocycles. The Morgan fingerprint density at radius 1 is 1.83 bits per heavy atom. The van der Waals surface area contributed by atoms with Gasteiger partial charge in [0.15, 0.2) is 0 Å². The summed E-state index contributed by atoms with van der Waals surface area (Å²) in [5.41, 5.74) is 5.37. The first-order valence-electron chi connectivity index (χ1n) is 2.09. The van der Waals surface area contributed by atoms with Gasteiger partial charge in [-0.1, -0.05) is 15.9 Å². The summed E-state index contributed by atoms with van der Waals surface area (Å²) in [6.45, 7) is 2.00. The SMILES string of the molecule is C[C@@H](N)CCBr. The number of hydrogen-bond acceptors (Lipinski definition) is 1. The molecule has 0 saturated heterocycles. The summed E-state index contributed by atoms with van der Waals surface area (Å²) in [6, 6.07) is 0.351. The van der Waals surface area contributed by atoms with Gasteiger partial charge in [0.25, 0.3) is 0 Å². The first kappa shape index (κ1) is 6.44. The minimum Gasteiger partial charge on any atom is -0.328 e. The fraction of sp³-hybridized carbons (Fsp3) is 1.00. The molecule has 2 heteroatoms. The summed E-state index contributed by atoms with van der Waals surface area (Å²) in [5.74, 6) is 0. The highest BCUT2D eigenvalue weighted by Gasteiger charge is 1.86. The van der Waals surface area contributed by atoms with Crippen LogP contribution in [0.3, 0.4) is 0 Å². The maximum atomic E-state index is 5.37. The van der Waals surface area contributed by atoms with Crippen molar-refractivity contribution >= 4 is 15.9 Å². The fourth-order valence-corrected chi connectivity index (χ4v) is 0.894. The predicted molar refractivity (Wildman–Crippen MR) is 32.1 cm³/mol. The van der Waals surface area contributed by atoms with Crippen molar-refractivity contribution in [1.29, 1.82) is 0 Å². The molecule has 0 bridgehead atoms. The van der Waals surface area contributed by atoms with Crippen molar-refractivity contribution in [3.05, 3.63) is 0 Å². The van der Waals surface area contributed by atoms with Crippen LogP contribution in [0.1, 0.15) is 13.3 Å². The average Bonchev–Trinajstić information content (AvgIpc) is 1.35. The molecular weight excluding hydrogens is 142 g/mol. The lowest BCUT2D eigenvalue weighted by Crippen LogP contribution is -2.14. The van der Waals surface area contributed by atoms with Crippen LogP contribution in [-0.4, -0.2) is 11.4 Å². The molecule has 0 unspecified atom stereocenters. The van der Waals surface area contributed by atoms with Crippen molar-refractivity contribution in [2.24, 2.45) is 5.73 Å². The number of nitrogens with two attached hydrogens (primary N) is 1. The summed E-state index contributed by atoms with van der Waals surface area (Å²) in [4.78, 5) is 0. The Morgan fingerprint density at radius 2 is 2.33 bits per heavy atom. The first-order chi connectivity index (χ1) is 2.77. The van der Waals surface area contributed by atoms with E-state index in [4.69, 9.17) is 5.73 Å². The third-order valence-corrected chi connectivity index (χ3v) is 1.02. The van der Waals surface area contributed by atoms with E-state index >= 15 is 0 Å². The average molecular weight is 152 g/mol. The molecule has 6 heavy (non-hydrogen) atoms. The fourth-order valence-electron chi connectivity index (χ4n) is 0.172. The zero-order valence-corrected chi connectivity index (χ0v) is 5.53. The Labute approximate surface area is 47.0 Å². The van der Waals surface area contributed by atoms with E-state index in [1.165, 1.54) is 0 Å². The van der Waals surface area contributed by atoms with E-state index in [1.54, 1.807) is 0 Å². The van der Waals surface area contributed by atoms with Gasteiger partial charge >= 0.3 is 0 Å². The molecule has 0 aromatic carbocycles. The molecule has 0 rings (SSSR count). The Bertz CT molecular complexity index is 28.7. The second-order valence-corrected chi connectivity index (χ2v) is 2.25. The van der Waals surface area contributed by atoms with Gasteiger partial charge in [0.2, 0.25) is 0 Å². The van der Waals surface area contributed by atoms with E-state index < -0.39 is 0 Å². The van der Waals surface area contributed by atoms with E-state index in [-0.39, 0.29) is 0 Å². The van der Waals surface area contributed by atoms with Crippen molar-refractivity contribution in [1.82, 2.24) is 0 Å². The quantitative estimate of drug-likeness (QED) is 0.589. The normalized spacial score (nSPS) is 14.5. The van der Waals surface area contributed by atoms with Gasteiger partial charge in [-0.2, -0.15) is 0 Å². The third kappa shape index (κ3) is 4.44. The zero-order valence-electron chi connectivity index (χ0n) is 3.95. The molecule has 0 aliphatic rings. The molecule has 0 spiro atoms. The Balaban J connectivity index is 2.63. The molecule has 0 aliphatic carbocycles. The molecule has 2 N–H and O–H groups in total. The smallest absolute Gasteiger partial charge is 0.00459 e. The van der Waals surface area contributed by atoms with Gasteiger partial charge in [0.1, 0.15) is 0 Å². The third-order valence-electron chi connectivity index (χ3n) is 0.564. The second kappa shape index (κ2) is 3.62. The lowest BCUT2D eigenvalue weighted by atomic mass is 10.3. The topological polar surface area (TPSA) is 26.0 Å². The van der Waals surface area contributed by atoms with Crippen molar-refractivity contribution in [3.63, 3.8) is 0 Å².